The number of amides is 1. The fraction of sp³-hybridized carbons (Fsp3) is 0.333. The van der Waals surface area contributed by atoms with E-state index in [4.69, 9.17) is 11.6 Å². The third kappa shape index (κ3) is 5.06. The molecule has 29 heavy (non-hydrogen) atoms. The second-order valence-corrected chi connectivity index (χ2v) is 8.93. The number of carbonyl (C=O) groups excluding carboxylic acids is 1. The summed E-state index contributed by atoms with van der Waals surface area (Å²) in [5.41, 5.74) is -1.02. The van der Waals surface area contributed by atoms with Crippen LogP contribution >= 0.6 is 11.6 Å². The van der Waals surface area contributed by atoms with Gasteiger partial charge in [-0.05, 0) is 43.2 Å². The van der Waals surface area contributed by atoms with E-state index in [1.54, 1.807) is 12.1 Å². The Bertz CT molecular complexity index is 989. The van der Waals surface area contributed by atoms with Crippen molar-refractivity contribution in [3.05, 3.63) is 53.2 Å². The van der Waals surface area contributed by atoms with Gasteiger partial charge in [-0.25, -0.2) is 13.4 Å². The number of carbonyl (C=O) groups is 1. The number of hydrogen-bond donors (Lipinski definition) is 1. The molecule has 1 aromatic heterocycles. The minimum Gasteiger partial charge on any atom is -0.310 e. The molecule has 1 fully saturated rings. The zero-order valence-electron chi connectivity index (χ0n) is 15.0. The summed E-state index contributed by atoms with van der Waals surface area (Å²) in [6.45, 7) is 0.0649. The van der Waals surface area contributed by atoms with Crippen LogP contribution in [0.25, 0.3) is 0 Å². The molecular weight excluding hydrogens is 431 g/mol. The van der Waals surface area contributed by atoms with E-state index in [1.165, 1.54) is 6.20 Å². The monoisotopic (exact) mass is 447 g/mol. The molecule has 0 atom stereocenters. The van der Waals surface area contributed by atoms with Gasteiger partial charge in [0.1, 0.15) is 5.82 Å². The molecule has 0 aliphatic carbocycles. The molecule has 1 aliphatic heterocycles. The summed E-state index contributed by atoms with van der Waals surface area (Å²) in [6.07, 6.45) is -2.75. The van der Waals surface area contributed by atoms with Gasteiger partial charge in [0, 0.05) is 25.2 Å². The number of alkyl halides is 3. The van der Waals surface area contributed by atoms with Crippen LogP contribution in [0.2, 0.25) is 5.02 Å². The molecule has 1 aromatic carbocycles. The van der Waals surface area contributed by atoms with Gasteiger partial charge in [-0.15, -0.1) is 0 Å². The molecule has 0 unspecified atom stereocenters. The number of halogens is 4. The van der Waals surface area contributed by atoms with Crippen LogP contribution < -0.4 is 5.32 Å². The van der Waals surface area contributed by atoms with E-state index in [2.05, 4.69) is 10.3 Å². The molecule has 0 spiro atoms. The van der Waals surface area contributed by atoms with Crippen LogP contribution in [-0.4, -0.2) is 36.7 Å². The maximum atomic E-state index is 12.9. The average molecular weight is 448 g/mol. The highest BCUT2D eigenvalue weighted by Crippen LogP contribution is 2.32. The highest BCUT2D eigenvalue weighted by atomic mass is 35.5. The quantitative estimate of drug-likeness (QED) is 0.773. The Morgan fingerprint density at radius 2 is 1.86 bits per heavy atom. The van der Waals surface area contributed by atoms with Crippen LogP contribution in [0.5, 0.6) is 0 Å². The Morgan fingerprint density at radius 3 is 2.45 bits per heavy atom. The van der Waals surface area contributed by atoms with E-state index in [0.717, 1.165) is 22.5 Å². The number of benzene rings is 1. The van der Waals surface area contributed by atoms with Crippen molar-refractivity contribution in [1.29, 1.82) is 0 Å². The lowest BCUT2D eigenvalue weighted by atomic mass is 9.97. The molecule has 1 amide bonds. The first-order valence-electron chi connectivity index (χ1n) is 8.67. The molecule has 0 radical (unpaired) electrons. The summed E-state index contributed by atoms with van der Waals surface area (Å²) in [6, 6.07) is 6.77. The van der Waals surface area contributed by atoms with Gasteiger partial charge in [-0.3, -0.25) is 4.79 Å². The number of rotatable bonds is 4. The van der Waals surface area contributed by atoms with Gasteiger partial charge in [0.2, 0.25) is 15.9 Å². The first-order chi connectivity index (χ1) is 13.6. The second-order valence-electron chi connectivity index (χ2n) is 6.55. The predicted octanol–water partition coefficient (Wildman–Crippen LogP) is 3.79. The van der Waals surface area contributed by atoms with Crippen molar-refractivity contribution < 1.29 is 26.4 Å². The van der Waals surface area contributed by atoms with Crippen molar-refractivity contribution in [3.63, 3.8) is 0 Å². The van der Waals surface area contributed by atoms with Gasteiger partial charge in [0.25, 0.3) is 0 Å². The lowest BCUT2D eigenvalue weighted by molar-refractivity contribution is -0.137. The Hall–Kier alpha value is -2.17. The third-order valence-corrected chi connectivity index (χ3v) is 6.72. The standard InChI is InChI=1S/C18H17ClF3N3O3S/c19-14-4-5-16(23-11-14)24-17(26)12-6-8-25(9-7-12)29(27,28)15-3-1-2-13(10-15)18(20,21)22/h1-5,10-12H,6-9H2,(H,23,24,26). The van der Waals surface area contributed by atoms with Crippen LogP contribution in [0.3, 0.4) is 0 Å². The Labute approximate surface area is 170 Å². The SMILES string of the molecule is O=C(Nc1ccc(Cl)cn1)C1CCN(S(=O)(=O)c2cccc(C(F)(F)F)c2)CC1. The van der Waals surface area contributed by atoms with Crippen molar-refractivity contribution in [2.24, 2.45) is 5.92 Å². The number of sulfonamides is 1. The number of hydrogen-bond acceptors (Lipinski definition) is 4. The average Bonchev–Trinajstić information content (AvgIpc) is 2.69. The smallest absolute Gasteiger partial charge is 0.310 e. The van der Waals surface area contributed by atoms with Gasteiger partial charge in [0.05, 0.1) is 15.5 Å². The topological polar surface area (TPSA) is 79.4 Å². The molecule has 1 saturated heterocycles. The van der Waals surface area contributed by atoms with E-state index in [0.29, 0.717) is 16.9 Å². The minimum atomic E-state index is -4.63. The third-order valence-electron chi connectivity index (χ3n) is 4.60. The molecule has 6 nitrogen and oxygen atoms in total. The van der Waals surface area contributed by atoms with Gasteiger partial charge in [-0.1, -0.05) is 17.7 Å². The van der Waals surface area contributed by atoms with Crippen LogP contribution in [0.15, 0.2) is 47.5 Å². The van der Waals surface area contributed by atoms with Crippen LogP contribution in [0, 0.1) is 5.92 Å². The molecule has 2 aromatic rings. The molecule has 0 saturated carbocycles. The predicted molar refractivity (Wildman–Crippen MR) is 101 cm³/mol. The molecule has 0 bridgehead atoms. The Morgan fingerprint density at radius 1 is 1.17 bits per heavy atom. The molecule has 11 heteroatoms. The lowest BCUT2D eigenvalue weighted by Crippen LogP contribution is -2.41. The highest BCUT2D eigenvalue weighted by Gasteiger charge is 2.35. The zero-order valence-corrected chi connectivity index (χ0v) is 16.6. The molecule has 156 valence electrons. The number of nitrogens with one attached hydrogen (secondary N) is 1. The van der Waals surface area contributed by atoms with Gasteiger partial charge < -0.3 is 5.32 Å². The molecular formula is C18H17ClF3N3O3S. The number of piperidine rings is 1. The van der Waals surface area contributed by atoms with E-state index in [-0.39, 0.29) is 31.8 Å². The van der Waals surface area contributed by atoms with Gasteiger partial charge >= 0.3 is 6.18 Å². The summed E-state index contributed by atoms with van der Waals surface area (Å²) >= 11 is 5.74. The van der Waals surface area contributed by atoms with Crippen molar-refractivity contribution in [1.82, 2.24) is 9.29 Å². The summed E-state index contributed by atoms with van der Waals surface area (Å²) in [4.78, 5) is 15.9. The van der Waals surface area contributed by atoms with Crippen molar-refractivity contribution in [3.8, 4) is 0 Å². The molecule has 2 heterocycles. The fourth-order valence-corrected chi connectivity index (χ4v) is 4.65. The highest BCUT2D eigenvalue weighted by molar-refractivity contribution is 7.89. The van der Waals surface area contributed by atoms with Crippen molar-refractivity contribution >= 4 is 33.3 Å². The largest absolute Gasteiger partial charge is 0.416 e. The van der Waals surface area contributed by atoms with Crippen molar-refractivity contribution in [2.75, 3.05) is 18.4 Å². The van der Waals surface area contributed by atoms with Crippen molar-refractivity contribution in [2.45, 2.75) is 23.9 Å². The summed E-state index contributed by atoms with van der Waals surface area (Å²) in [7, 11) is -4.08. The number of nitrogens with zero attached hydrogens (tertiary/aromatic N) is 2. The van der Waals surface area contributed by atoms with E-state index < -0.39 is 32.6 Å². The minimum absolute atomic E-state index is 0.0325. The van der Waals surface area contributed by atoms with E-state index in [9.17, 15) is 26.4 Å². The molecule has 3 rings (SSSR count). The van der Waals surface area contributed by atoms with Gasteiger partial charge in [-0.2, -0.15) is 17.5 Å². The first-order valence-corrected chi connectivity index (χ1v) is 10.5. The van der Waals surface area contributed by atoms with E-state index >= 15 is 0 Å². The van der Waals surface area contributed by atoms with Crippen LogP contribution in [-0.2, 0) is 21.0 Å². The molecule has 1 aliphatic rings. The summed E-state index contributed by atoms with van der Waals surface area (Å²) in [5, 5.41) is 3.07. The number of aromatic nitrogens is 1. The van der Waals surface area contributed by atoms with Crippen LogP contribution in [0.4, 0.5) is 19.0 Å². The van der Waals surface area contributed by atoms with Crippen LogP contribution in [0.1, 0.15) is 18.4 Å². The Kier molecular flexibility index (Phi) is 6.16. The lowest BCUT2D eigenvalue weighted by Gasteiger charge is -2.30. The summed E-state index contributed by atoms with van der Waals surface area (Å²) < 4.78 is 65.1. The maximum absolute atomic E-state index is 12.9. The zero-order chi connectivity index (χ0) is 21.2. The maximum Gasteiger partial charge on any atom is 0.416 e. The number of pyridine rings is 1. The van der Waals surface area contributed by atoms with E-state index in [1.807, 2.05) is 0 Å². The molecule has 1 N–H and O–H groups in total. The first kappa shape index (κ1) is 21.5. The summed E-state index contributed by atoms with van der Waals surface area (Å²) in [5.74, 6) is -0.394. The Balaban J connectivity index is 1.65. The second kappa shape index (κ2) is 8.29. The normalized spacial score (nSPS) is 16.6. The van der Waals surface area contributed by atoms with Gasteiger partial charge in [0.15, 0.2) is 0 Å². The number of anilines is 1. The fourth-order valence-electron chi connectivity index (χ4n) is 3.02.